The van der Waals surface area contributed by atoms with Gasteiger partial charge in [0.15, 0.2) is 0 Å². The number of benzene rings is 1. The maximum atomic E-state index is 11.5. The summed E-state index contributed by atoms with van der Waals surface area (Å²) in [5, 5.41) is 0. The van der Waals surface area contributed by atoms with Crippen LogP contribution in [0.3, 0.4) is 0 Å². The minimum atomic E-state index is -0.470. The molecule has 0 fully saturated rings. The number of carbonyl (C=O) groups is 1. The number of aromatic amines is 1. The van der Waals surface area contributed by atoms with Crippen LogP contribution >= 0.6 is 0 Å². The van der Waals surface area contributed by atoms with Gasteiger partial charge in [-0.25, -0.2) is 4.98 Å². The highest BCUT2D eigenvalue weighted by Crippen LogP contribution is 2.32. The fourth-order valence-electron chi connectivity index (χ4n) is 2.88. The Morgan fingerprint density at radius 1 is 1.41 bits per heavy atom. The Bertz CT molecular complexity index is 874. The summed E-state index contributed by atoms with van der Waals surface area (Å²) in [6.45, 7) is 0.815. The number of allylic oxidation sites excluding steroid dienone is 3. The number of nitrogens with zero attached hydrogens (tertiary/aromatic N) is 3. The van der Waals surface area contributed by atoms with E-state index in [0.29, 0.717) is 11.1 Å². The van der Waals surface area contributed by atoms with Crippen LogP contribution in [0.2, 0.25) is 0 Å². The Morgan fingerprint density at radius 3 is 3.09 bits per heavy atom. The predicted octanol–water partition coefficient (Wildman–Crippen LogP) is 1.62. The van der Waals surface area contributed by atoms with E-state index in [9.17, 15) is 4.79 Å². The molecule has 2 aliphatic heterocycles. The van der Waals surface area contributed by atoms with Crippen LogP contribution in [0, 0.1) is 0 Å². The van der Waals surface area contributed by atoms with Crippen LogP contribution < -0.4 is 5.73 Å². The highest BCUT2D eigenvalue weighted by atomic mass is 16.1. The van der Waals surface area contributed by atoms with Crippen molar-refractivity contribution in [2.75, 3.05) is 13.7 Å². The number of para-hydroxylation sites is 1. The lowest BCUT2D eigenvalue weighted by molar-refractivity contribution is 0.100. The van der Waals surface area contributed by atoms with Gasteiger partial charge in [0.25, 0.3) is 5.91 Å². The summed E-state index contributed by atoms with van der Waals surface area (Å²) in [6.07, 6.45) is 8.13. The molecule has 2 aromatic rings. The standard InChI is InChI=1S/C16H15N5O/c1-20-8-13-10(5-3-7-21(13)9-20)16-18-12-6-2-4-11(15(17)22)14(12)19-16/h2-8H,9H2,1H3,(H2,17,22)(H,18,19). The number of rotatable bonds is 2. The molecular formula is C16H15N5O. The lowest BCUT2D eigenvalue weighted by atomic mass is 10.1. The molecule has 4 rings (SSSR count). The average Bonchev–Trinajstić information content (AvgIpc) is 3.07. The third kappa shape index (κ3) is 1.81. The molecular weight excluding hydrogens is 278 g/mol. The average molecular weight is 293 g/mol. The Labute approximate surface area is 127 Å². The van der Waals surface area contributed by atoms with E-state index >= 15 is 0 Å². The van der Waals surface area contributed by atoms with Crippen LogP contribution in [0.15, 0.2) is 48.4 Å². The van der Waals surface area contributed by atoms with Gasteiger partial charge in [0, 0.05) is 25.0 Å². The fraction of sp³-hybridized carbons (Fsp3) is 0.125. The highest BCUT2D eigenvalue weighted by molar-refractivity contribution is 6.04. The van der Waals surface area contributed by atoms with E-state index in [-0.39, 0.29) is 0 Å². The molecule has 6 heteroatoms. The van der Waals surface area contributed by atoms with Crippen molar-refractivity contribution in [3.05, 3.63) is 59.8 Å². The Balaban J connectivity index is 1.87. The minimum Gasteiger partial charge on any atom is -0.366 e. The number of imidazole rings is 1. The van der Waals surface area contributed by atoms with Gasteiger partial charge in [-0.05, 0) is 24.3 Å². The van der Waals surface area contributed by atoms with Crippen molar-refractivity contribution in [2.45, 2.75) is 0 Å². The number of aromatic nitrogens is 2. The van der Waals surface area contributed by atoms with Crippen LogP contribution in [0.1, 0.15) is 16.2 Å². The van der Waals surface area contributed by atoms with E-state index in [2.05, 4.69) is 26.0 Å². The summed E-state index contributed by atoms with van der Waals surface area (Å²) in [6, 6.07) is 5.39. The maximum absolute atomic E-state index is 11.5. The molecule has 1 amide bonds. The quantitative estimate of drug-likeness (QED) is 0.882. The van der Waals surface area contributed by atoms with Crippen molar-refractivity contribution in [3.63, 3.8) is 0 Å². The number of H-pyrrole nitrogens is 1. The third-order valence-corrected chi connectivity index (χ3v) is 3.87. The molecule has 1 aromatic carbocycles. The van der Waals surface area contributed by atoms with E-state index in [4.69, 9.17) is 5.73 Å². The zero-order valence-electron chi connectivity index (χ0n) is 12.1. The van der Waals surface area contributed by atoms with Crippen LogP contribution in [-0.4, -0.2) is 39.4 Å². The molecule has 0 unspecified atom stereocenters. The van der Waals surface area contributed by atoms with E-state index < -0.39 is 5.91 Å². The Hall–Kier alpha value is -3.02. The molecule has 2 aliphatic rings. The second kappa shape index (κ2) is 4.49. The zero-order valence-corrected chi connectivity index (χ0v) is 12.1. The number of amides is 1. The van der Waals surface area contributed by atoms with Crippen molar-refractivity contribution < 1.29 is 4.79 Å². The molecule has 0 atom stereocenters. The lowest BCUT2D eigenvalue weighted by Gasteiger charge is -2.21. The molecule has 0 saturated heterocycles. The van der Waals surface area contributed by atoms with Gasteiger partial charge in [0.1, 0.15) is 11.3 Å². The summed E-state index contributed by atoms with van der Waals surface area (Å²) in [5.74, 6) is 0.266. The van der Waals surface area contributed by atoms with Gasteiger partial charge >= 0.3 is 0 Å². The first kappa shape index (κ1) is 12.7. The molecule has 0 radical (unpaired) electrons. The monoisotopic (exact) mass is 293 g/mol. The highest BCUT2D eigenvalue weighted by Gasteiger charge is 2.25. The second-order valence-electron chi connectivity index (χ2n) is 5.46. The summed E-state index contributed by atoms with van der Waals surface area (Å²) in [7, 11) is 2.03. The number of carbonyl (C=O) groups excluding carboxylic acids is 1. The largest absolute Gasteiger partial charge is 0.366 e. The topological polar surface area (TPSA) is 78.2 Å². The second-order valence-corrected chi connectivity index (χ2v) is 5.46. The molecule has 0 spiro atoms. The molecule has 0 saturated carbocycles. The van der Waals surface area contributed by atoms with Gasteiger partial charge in [-0.15, -0.1) is 0 Å². The molecule has 3 heterocycles. The molecule has 0 aliphatic carbocycles. The lowest BCUT2D eigenvalue weighted by Crippen LogP contribution is -2.21. The molecule has 6 nitrogen and oxygen atoms in total. The van der Waals surface area contributed by atoms with Gasteiger partial charge in [-0.1, -0.05) is 6.07 Å². The van der Waals surface area contributed by atoms with Crippen molar-refractivity contribution in [1.82, 2.24) is 19.8 Å². The number of nitrogens with two attached hydrogens (primary N) is 1. The first-order valence-corrected chi connectivity index (χ1v) is 7.00. The third-order valence-electron chi connectivity index (χ3n) is 3.87. The number of fused-ring (bicyclic) bond motifs is 2. The van der Waals surface area contributed by atoms with E-state index in [1.807, 2.05) is 31.5 Å². The minimum absolute atomic E-state index is 0.432. The molecule has 22 heavy (non-hydrogen) atoms. The summed E-state index contributed by atoms with van der Waals surface area (Å²) < 4.78 is 0. The van der Waals surface area contributed by atoms with Gasteiger partial charge in [0.05, 0.1) is 23.4 Å². The first-order chi connectivity index (χ1) is 10.6. The molecule has 0 bridgehead atoms. The Morgan fingerprint density at radius 2 is 2.27 bits per heavy atom. The number of hydrogen-bond donors (Lipinski definition) is 2. The van der Waals surface area contributed by atoms with Crippen molar-refractivity contribution in [1.29, 1.82) is 0 Å². The summed E-state index contributed by atoms with van der Waals surface area (Å²) in [4.78, 5) is 23.7. The first-order valence-electron chi connectivity index (χ1n) is 7.00. The predicted molar refractivity (Wildman–Crippen MR) is 84.3 cm³/mol. The normalized spacial score (nSPS) is 16.8. The van der Waals surface area contributed by atoms with Crippen LogP contribution in [-0.2, 0) is 0 Å². The summed E-state index contributed by atoms with van der Waals surface area (Å²) in [5.41, 5.74) is 9.36. The van der Waals surface area contributed by atoms with Crippen molar-refractivity contribution in [3.8, 4) is 0 Å². The van der Waals surface area contributed by atoms with Gasteiger partial charge in [-0.3, -0.25) is 4.79 Å². The van der Waals surface area contributed by atoms with Crippen LogP contribution in [0.4, 0.5) is 0 Å². The zero-order chi connectivity index (χ0) is 15.3. The van der Waals surface area contributed by atoms with Crippen LogP contribution in [0.5, 0.6) is 0 Å². The van der Waals surface area contributed by atoms with E-state index in [0.717, 1.165) is 29.3 Å². The maximum Gasteiger partial charge on any atom is 0.250 e. The Kier molecular flexibility index (Phi) is 2.59. The van der Waals surface area contributed by atoms with Crippen LogP contribution in [0.25, 0.3) is 16.6 Å². The van der Waals surface area contributed by atoms with E-state index in [1.165, 1.54) is 0 Å². The molecule has 110 valence electrons. The number of primary amides is 1. The van der Waals surface area contributed by atoms with Crippen molar-refractivity contribution >= 4 is 22.5 Å². The number of nitrogens with one attached hydrogen (secondary N) is 1. The fourth-order valence-corrected chi connectivity index (χ4v) is 2.88. The van der Waals surface area contributed by atoms with E-state index in [1.54, 1.807) is 12.1 Å². The van der Waals surface area contributed by atoms with Gasteiger partial charge in [0.2, 0.25) is 0 Å². The smallest absolute Gasteiger partial charge is 0.250 e. The number of hydrogen-bond acceptors (Lipinski definition) is 4. The van der Waals surface area contributed by atoms with Gasteiger partial charge < -0.3 is 20.5 Å². The molecule has 1 aromatic heterocycles. The molecule has 3 N–H and O–H groups in total. The van der Waals surface area contributed by atoms with Gasteiger partial charge in [-0.2, -0.15) is 0 Å². The SMILES string of the molecule is CN1C=C2C(c3nc4c(C(N)=O)cccc4[nH]3)=CC=CN2C1. The summed E-state index contributed by atoms with van der Waals surface area (Å²) >= 11 is 0. The van der Waals surface area contributed by atoms with Crippen molar-refractivity contribution in [2.24, 2.45) is 5.73 Å².